The molecule has 0 aliphatic carbocycles. The predicted molar refractivity (Wildman–Crippen MR) is 94.6 cm³/mol. The van der Waals surface area contributed by atoms with E-state index in [-0.39, 0.29) is 24.4 Å². The molecule has 136 valence electrons. The number of nitrogens with zero attached hydrogens (tertiary/aromatic N) is 1. The molecule has 0 heterocycles. The number of nitrogens with one attached hydrogen (secondary N) is 1. The molecule has 8 nitrogen and oxygen atoms in total. The van der Waals surface area contributed by atoms with E-state index in [2.05, 4.69) is 5.32 Å². The van der Waals surface area contributed by atoms with Crippen molar-refractivity contribution in [1.29, 1.82) is 0 Å². The van der Waals surface area contributed by atoms with Crippen molar-refractivity contribution in [3.05, 3.63) is 69.8 Å². The maximum absolute atomic E-state index is 12.2. The van der Waals surface area contributed by atoms with E-state index in [4.69, 9.17) is 10.5 Å². The van der Waals surface area contributed by atoms with Gasteiger partial charge in [0.15, 0.2) is 0 Å². The zero-order chi connectivity index (χ0) is 19.1. The highest BCUT2D eigenvalue weighted by Gasteiger charge is 2.22. The van der Waals surface area contributed by atoms with Gasteiger partial charge in [-0.1, -0.05) is 30.3 Å². The number of ether oxygens (including phenoxy) is 1. The summed E-state index contributed by atoms with van der Waals surface area (Å²) in [6.45, 7) is 0. The molecule has 2 rings (SSSR count). The number of carbonyl (C=O) groups is 2. The lowest BCUT2D eigenvalue weighted by Crippen LogP contribution is -2.46. The molecule has 0 unspecified atom stereocenters. The van der Waals surface area contributed by atoms with Crippen molar-refractivity contribution in [1.82, 2.24) is 5.32 Å². The first kappa shape index (κ1) is 18.9. The molecular formula is C18H19N3O5. The maximum atomic E-state index is 12.2. The van der Waals surface area contributed by atoms with Crippen LogP contribution >= 0.6 is 0 Å². The Hall–Kier alpha value is -3.42. The van der Waals surface area contributed by atoms with Gasteiger partial charge in [0, 0.05) is 24.1 Å². The van der Waals surface area contributed by atoms with Gasteiger partial charge < -0.3 is 15.8 Å². The number of nitro groups is 1. The number of rotatable bonds is 8. The van der Waals surface area contributed by atoms with Crippen LogP contribution in [0.25, 0.3) is 0 Å². The van der Waals surface area contributed by atoms with Gasteiger partial charge in [-0.15, -0.1) is 0 Å². The van der Waals surface area contributed by atoms with Crippen molar-refractivity contribution in [3.8, 4) is 5.75 Å². The Morgan fingerprint density at radius 1 is 1.23 bits per heavy atom. The number of primary amides is 1. The second kappa shape index (κ2) is 8.61. The number of nitrogens with two attached hydrogens (primary N) is 1. The molecule has 0 aromatic heterocycles. The molecule has 0 fully saturated rings. The van der Waals surface area contributed by atoms with Gasteiger partial charge in [0.25, 0.3) is 5.69 Å². The Morgan fingerprint density at radius 3 is 2.50 bits per heavy atom. The molecule has 0 aliphatic heterocycles. The molecule has 3 N–H and O–H groups in total. The molecule has 0 aliphatic rings. The monoisotopic (exact) mass is 357 g/mol. The molecule has 0 saturated carbocycles. The summed E-state index contributed by atoms with van der Waals surface area (Å²) in [5, 5.41) is 13.5. The Morgan fingerprint density at radius 2 is 1.92 bits per heavy atom. The molecular weight excluding hydrogens is 338 g/mol. The summed E-state index contributed by atoms with van der Waals surface area (Å²) in [5.41, 5.74) is 6.45. The fourth-order valence-electron chi connectivity index (χ4n) is 2.51. The minimum absolute atomic E-state index is 0.0132. The van der Waals surface area contributed by atoms with Crippen LogP contribution in [0.4, 0.5) is 5.69 Å². The molecule has 2 aromatic carbocycles. The largest absolute Gasteiger partial charge is 0.496 e. The van der Waals surface area contributed by atoms with Crippen LogP contribution in [0.1, 0.15) is 11.1 Å². The minimum Gasteiger partial charge on any atom is -0.496 e. The summed E-state index contributed by atoms with van der Waals surface area (Å²) in [7, 11) is 1.41. The van der Waals surface area contributed by atoms with Gasteiger partial charge in [0.2, 0.25) is 11.8 Å². The zero-order valence-corrected chi connectivity index (χ0v) is 14.2. The van der Waals surface area contributed by atoms with E-state index >= 15 is 0 Å². The van der Waals surface area contributed by atoms with E-state index in [9.17, 15) is 19.7 Å². The summed E-state index contributed by atoms with van der Waals surface area (Å²) < 4.78 is 5.17. The Labute approximate surface area is 150 Å². The molecule has 0 radical (unpaired) electrons. The summed E-state index contributed by atoms with van der Waals surface area (Å²) >= 11 is 0. The Balaban J connectivity index is 2.15. The summed E-state index contributed by atoms with van der Waals surface area (Å²) in [6, 6.07) is 12.1. The average Bonchev–Trinajstić information content (AvgIpc) is 2.61. The first-order chi connectivity index (χ1) is 12.4. The van der Waals surface area contributed by atoms with Crippen LogP contribution in [0.2, 0.25) is 0 Å². The van der Waals surface area contributed by atoms with Crippen LogP contribution in [0.3, 0.4) is 0 Å². The first-order valence-electron chi connectivity index (χ1n) is 7.84. The van der Waals surface area contributed by atoms with Gasteiger partial charge in [-0.05, 0) is 11.6 Å². The standard InChI is InChI=1S/C18H19N3O5/c1-26-16-8-7-14(21(24)25)10-13(16)11-15(18(19)23)20-17(22)9-12-5-3-2-4-6-12/h2-8,10,15H,9,11H2,1H3,(H2,19,23)(H,20,22)/t15-/m1/s1. The number of carbonyl (C=O) groups excluding carboxylic acids is 2. The maximum Gasteiger partial charge on any atom is 0.269 e. The fraction of sp³-hybridized carbons (Fsp3) is 0.222. The molecule has 0 saturated heterocycles. The Bertz CT molecular complexity index is 808. The van der Waals surface area contributed by atoms with Crippen LogP contribution in [0.5, 0.6) is 5.75 Å². The van der Waals surface area contributed by atoms with Crippen molar-refractivity contribution >= 4 is 17.5 Å². The SMILES string of the molecule is COc1ccc([N+](=O)[O-])cc1C[C@@H](NC(=O)Cc1ccccc1)C(N)=O. The van der Waals surface area contributed by atoms with Crippen LogP contribution in [-0.4, -0.2) is 29.9 Å². The molecule has 0 spiro atoms. The van der Waals surface area contributed by atoms with Gasteiger partial charge in [-0.3, -0.25) is 19.7 Å². The quantitative estimate of drug-likeness (QED) is 0.545. The second-order valence-electron chi connectivity index (χ2n) is 5.64. The lowest BCUT2D eigenvalue weighted by atomic mass is 10.0. The van der Waals surface area contributed by atoms with E-state index in [1.165, 1.54) is 25.3 Å². The highest BCUT2D eigenvalue weighted by atomic mass is 16.6. The molecule has 0 bridgehead atoms. The van der Waals surface area contributed by atoms with Crippen molar-refractivity contribution in [2.75, 3.05) is 7.11 Å². The highest BCUT2D eigenvalue weighted by molar-refractivity contribution is 5.87. The lowest BCUT2D eigenvalue weighted by molar-refractivity contribution is -0.384. The van der Waals surface area contributed by atoms with Crippen molar-refractivity contribution in [2.24, 2.45) is 5.73 Å². The van der Waals surface area contributed by atoms with Crippen molar-refractivity contribution in [2.45, 2.75) is 18.9 Å². The highest BCUT2D eigenvalue weighted by Crippen LogP contribution is 2.25. The van der Waals surface area contributed by atoms with Gasteiger partial charge in [-0.2, -0.15) is 0 Å². The number of hydrogen-bond donors (Lipinski definition) is 2. The molecule has 1 atom stereocenters. The predicted octanol–water partition coefficient (Wildman–Crippen LogP) is 1.36. The number of methoxy groups -OCH3 is 1. The smallest absolute Gasteiger partial charge is 0.269 e. The molecule has 26 heavy (non-hydrogen) atoms. The van der Waals surface area contributed by atoms with Crippen LogP contribution < -0.4 is 15.8 Å². The van der Waals surface area contributed by atoms with Gasteiger partial charge in [0.1, 0.15) is 11.8 Å². The fourth-order valence-corrected chi connectivity index (χ4v) is 2.51. The summed E-state index contributed by atoms with van der Waals surface area (Å²) in [5.74, 6) is -0.733. The number of nitro benzene ring substituents is 1. The second-order valence-corrected chi connectivity index (χ2v) is 5.64. The van der Waals surface area contributed by atoms with E-state index in [1.807, 2.05) is 18.2 Å². The number of non-ortho nitro benzene ring substituents is 1. The number of hydrogen-bond acceptors (Lipinski definition) is 5. The van der Waals surface area contributed by atoms with E-state index in [0.717, 1.165) is 5.56 Å². The third kappa shape index (κ3) is 5.04. The van der Waals surface area contributed by atoms with Crippen molar-refractivity contribution in [3.63, 3.8) is 0 Å². The average molecular weight is 357 g/mol. The first-order valence-corrected chi connectivity index (χ1v) is 7.84. The minimum atomic E-state index is -1.01. The molecule has 2 aromatic rings. The Kier molecular flexibility index (Phi) is 6.26. The van der Waals surface area contributed by atoms with Gasteiger partial charge in [0.05, 0.1) is 18.5 Å². The topological polar surface area (TPSA) is 125 Å². The van der Waals surface area contributed by atoms with Crippen LogP contribution in [0.15, 0.2) is 48.5 Å². The third-order valence-corrected chi connectivity index (χ3v) is 3.79. The van der Waals surface area contributed by atoms with E-state index < -0.39 is 16.9 Å². The summed E-state index contributed by atoms with van der Waals surface area (Å²) in [6.07, 6.45) is 0.0808. The third-order valence-electron chi connectivity index (χ3n) is 3.79. The number of benzene rings is 2. The van der Waals surface area contributed by atoms with E-state index in [0.29, 0.717) is 11.3 Å². The van der Waals surface area contributed by atoms with Crippen LogP contribution in [0, 0.1) is 10.1 Å². The normalized spacial score (nSPS) is 11.4. The molecule has 2 amide bonds. The molecule has 8 heteroatoms. The number of amides is 2. The van der Waals surface area contributed by atoms with E-state index in [1.54, 1.807) is 12.1 Å². The summed E-state index contributed by atoms with van der Waals surface area (Å²) in [4.78, 5) is 34.3. The lowest BCUT2D eigenvalue weighted by Gasteiger charge is -2.17. The van der Waals surface area contributed by atoms with Crippen molar-refractivity contribution < 1.29 is 19.2 Å². The van der Waals surface area contributed by atoms with Crippen LogP contribution in [-0.2, 0) is 22.4 Å². The van der Waals surface area contributed by atoms with Gasteiger partial charge >= 0.3 is 0 Å². The zero-order valence-electron chi connectivity index (χ0n) is 14.2. The van der Waals surface area contributed by atoms with Gasteiger partial charge in [-0.25, -0.2) is 0 Å².